The first-order valence-electron chi connectivity index (χ1n) is 6.70. The average molecular weight is 450 g/mol. The van der Waals surface area contributed by atoms with Crippen LogP contribution in [-0.4, -0.2) is 11.0 Å². The van der Waals surface area contributed by atoms with Crippen molar-refractivity contribution in [2.24, 2.45) is 0 Å². The van der Waals surface area contributed by atoms with Crippen LogP contribution in [0.5, 0.6) is 0 Å². The van der Waals surface area contributed by atoms with Crippen molar-refractivity contribution in [1.29, 1.82) is 0 Å². The third kappa shape index (κ3) is 11.7. The van der Waals surface area contributed by atoms with Crippen molar-refractivity contribution in [1.82, 2.24) is 0 Å². The van der Waals surface area contributed by atoms with E-state index in [0.717, 1.165) is 6.42 Å². The maximum Gasteiger partial charge on any atom is 3.00 e. The Morgan fingerprint density at radius 1 is 0.875 bits per heavy atom. The molecule has 0 aliphatic heterocycles. The van der Waals surface area contributed by atoms with Crippen molar-refractivity contribution in [2.45, 2.75) is 6.42 Å². The molecule has 0 amide bonds. The third-order valence-electron chi connectivity index (χ3n) is 2.74. The number of benzene rings is 2. The number of rotatable bonds is 0. The van der Waals surface area contributed by atoms with Crippen LogP contribution < -0.4 is 0 Å². The van der Waals surface area contributed by atoms with Crippen LogP contribution in [0, 0.1) is 12.1 Å². The minimum atomic E-state index is 0. The molecule has 1 aliphatic carbocycles. The molecule has 0 saturated carbocycles. The van der Waals surface area contributed by atoms with Gasteiger partial charge in [-0.2, -0.15) is 60.0 Å². The summed E-state index contributed by atoms with van der Waals surface area (Å²) >= 11 is 0. The second-order valence-electron chi connectivity index (χ2n) is 4.24. The summed E-state index contributed by atoms with van der Waals surface area (Å²) in [5, 5.41) is 2.66. The van der Waals surface area contributed by atoms with Crippen LogP contribution in [0.3, 0.4) is 0 Å². The van der Waals surface area contributed by atoms with E-state index in [1.54, 1.807) is 0 Å². The van der Waals surface area contributed by atoms with E-state index >= 15 is 0 Å². The van der Waals surface area contributed by atoms with E-state index in [2.05, 4.69) is 60.7 Å². The molecular formula is C20H19Cl2SiZr. The van der Waals surface area contributed by atoms with Crippen LogP contribution in [0.15, 0.2) is 91.0 Å². The van der Waals surface area contributed by atoms with Gasteiger partial charge in [0, 0.05) is 11.0 Å². The molecule has 0 saturated heterocycles. The van der Waals surface area contributed by atoms with Gasteiger partial charge < -0.3 is 0 Å². The normalized spacial score (nSPS) is 9.50. The molecule has 4 heteroatoms. The van der Waals surface area contributed by atoms with Crippen molar-refractivity contribution in [3.05, 3.63) is 103 Å². The van der Waals surface area contributed by atoms with Gasteiger partial charge in [0.15, 0.2) is 0 Å². The fraction of sp³-hybridized carbons (Fsp3) is 0.0500. The topological polar surface area (TPSA) is 0 Å². The first kappa shape index (κ1) is 28.0. The van der Waals surface area contributed by atoms with Gasteiger partial charge in [-0.05, 0) is 0 Å². The maximum atomic E-state index is 2.99. The fourth-order valence-electron chi connectivity index (χ4n) is 1.75. The van der Waals surface area contributed by atoms with E-state index in [9.17, 15) is 0 Å². The molecular weight excluding hydrogens is 430 g/mol. The standard InChI is InChI=1S/C9H7.C6H5.C5H5.2ClH.Si.Zr/c1-2-5-9-7-3-6-8(9)4-1;1-2-4-6-5-3-1;1-2-4-5-3-1;;;;/h1-7H;1-5H;1-3H,4H2;2*1H;;/q3*-1;;;;+3. The second kappa shape index (κ2) is 18.5. The van der Waals surface area contributed by atoms with Crippen molar-refractivity contribution in [3.63, 3.8) is 0 Å². The van der Waals surface area contributed by atoms with Gasteiger partial charge in [-0.1, -0.05) is 6.07 Å². The molecule has 1 aliphatic rings. The summed E-state index contributed by atoms with van der Waals surface area (Å²) in [5.74, 6) is 0. The Morgan fingerprint density at radius 2 is 1.58 bits per heavy atom. The molecule has 0 atom stereocenters. The molecule has 0 bridgehead atoms. The summed E-state index contributed by atoms with van der Waals surface area (Å²) in [6, 6.07) is 27.2. The predicted molar refractivity (Wildman–Crippen MR) is 107 cm³/mol. The molecule has 0 spiro atoms. The van der Waals surface area contributed by atoms with Gasteiger partial charge in [-0.15, -0.1) is 60.9 Å². The fourth-order valence-corrected chi connectivity index (χ4v) is 1.75. The number of fused-ring (bicyclic) bond motifs is 1. The van der Waals surface area contributed by atoms with Gasteiger partial charge in [-0.3, -0.25) is 6.08 Å². The third-order valence-corrected chi connectivity index (χ3v) is 2.74. The Bertz CT molecular complexity index is 597. The van der Waals surface area contributed by atoms with Crippen molar-refractivity contribution in [3.8, 4) is 0 Å². The van der Waals surface area contributed by atoms with E-state index in [4.69, 9.17) is 0 Å². The van der Waals surface area contributed by atoms with E-state index in [-0.39, 0.29) is 62.0 Å². The quantitative estimate of drug-likeness (QED) is 0.300. The number of allylic oxidation sites excluding steroid dienone is 4. The van der Waals surface area contributed by atoms with E-state index in [1.807, 2.05) is 42.5 Å². The van der Waals surface area contributed by atoms with Crippen LogP contribution in [0.4, 0.5) is 0 Å². The summed E-state index contributed by atoms with van der Waals surface area (Å²) in [7, 11) is 0. The first-order chi connectivity index (χ1) is 9.97. The molecule has 3 aromatic rings. The molecule has 24 heavy (non-hydrogen) atoms. The summed E-state index contributed by atoms with van der Waals surface area (Å²) < 4.78 is 0. The molecule has 3 aromatic carbocycles. The second-order valence-corrected chi connectivity index (χ2v) is 4.24. The van der Waals surface area contributed by atoms with Gasteiger partial charge >= 0.3 is 26.2 Å². The summed E-state index contributed by atoms with van der Waals surface area (Å²) in [4.78, 5) is 0. The van der Waals surface area contributed by atoms with Crippen LogP contribution in [-0.2, 0) is 26.2 Å². The molecule has 0 unspecified atom stereocenters. The van der Waals surface area contributed by atoms with Gasteiger partial charge in [0.1, 0.15) is 0 Å². The van der Waals surface area contributed by atoms with Crippen molar-refractivity contribution >= 4 is 46.6 Å². The largest absolute Gasteiger partial charge is 3.00 e. The van der Waals surface area contributed by atoms with E-state index in [1.165, 1.54) is 10.8 Å². The number of hydrogen-bond donors (Lipinski definition) is 0. The Balaban J connectivity index is -0.000000265. The molecule has 0 N–H and O–H groups in total. The van der Waals surface area contributed by atoms with Crippen LogP contribution in [0.2, 0.25) is 0 Å². The Morgan fingerprint density at radius 3 is 2.00 bits per heavy atom. The minimum Gasteiger partial charge on any atom is -0.273 e. The van der Waals surface area contributed by atoms with Crippen LogP contribution in [0.25, 0.3) is 10.8 Å². The van der Waals surface area contributed by atoms with E-state index < -0.39 is 0 Å². The Kier molecular flexibility index (Phi) is 21.7. The Hall–Kier alpha value is -0.790. The predicted octanol–water partition coefficient (Wildman–Crippen LogP) is 5.81. The molecule has 0 fully saturated rings. The number of hydrogen-bond acceptors (Lipinski definition) is 0. The zero-order valence-electron chi connectivity index (χ0n) is 13.2. The van der Waals surface area contributed by atoms with Gasteiger partial charge in [0.05, 0.1) is 0 Å². The SMILES string of the molecule is Cl.Cl.[C-]1=CC=CC1.[Si].[Zr+3].[c-]1ccccc1.c1ccc2[cH-]ccc2c1. The number of halogens is 2. The average Bonchev–Trinajstić information content (AvgIpc) is 3.24. The van der Waals surface area contributed by atoms with Crippen molar-refractivity contribution < 1.29 is 26.2 Å². The molecule has 5 radical (unpaired) electrons. The zero-order chi connectivity index (χ0) is 13.9. The molecule has 0 aromatic heterocycles. The molecule has 121 valence electrons. The summed E-state index contributed by atoms with van der Waals surface area (Å²) in [6.07, 6.45) is 10.0. The van der Waals surface area contributed by atoms with Gasteiger partial charge in [0.2, 0.25) is 0 Å². The summed E-state index contributed by atoms with van der Waals surface area (Å²) in [6.45, 7) is 0. The maximum absolute atomic E-state index is 2.99. The smallest absolute Gasteiger partial charge is 0.273 e. The van der Waals surface area contributed by atoms with E-state index in [0.29, 0.717) is 0 Å². The monoisotopic (exact) mass is 447 g/mol. The van der Waals surface area contributed by atoms with Crippen LogP contribution in [0.1, 0.15) is 6.42 Å². The minimum absolute atomic E-state index is 0. The molecule has 4 rings (SSSR count). The zero-order valence-corrected chi connectivity index (χ0v) is 18.3. The van der Waals surface area contributed by atoms with Crippen LogP contribution >= 0.6 is 24.8 Å². The first-order valence-corrected chi connectivity index (χ1v) is 6.70. The summed E-state index contributed by atoms with van der Waals surface area (Å²) in [5.41, 5.74) is 0. The van der Waals surface area contributed by atoms with Gasteiger partial charge in [0.25, 0.3) is 0 Å². The van der Waals surface area contributed by atoms with Crippen molar-refractivity contribution in [2.75, 3.05) is 0 Å². The Labute approximate surface area is 181 Å². The van der Waals surface area contributed by atoms with Gasteiger partial charge in [-0.25, -0.2) is 12.2 Å². The molecule has 0 nitrogen and oxygen atoms in total. The molecule has 0 heterocycles.